The Morgan fingerprint density at radius 3 is 2.91 bits per heavy atom. The molecule has 0 aliphatic rings. The first kappa shape index (κ1) is 8.42. The van der Waals surface area contributed by atoms with Crippen LogP contribution in [-0.4, -0.2) is 16.8 Å². The van der Waals surface area contributed by atoms with Crippen LogP contribution in [0.25, 0.3) is 0 Å². The molecule has 0 fully saturated rings. The van der Waals surface area contributed by atoms with Crippen LogP contribution in [0.5, 0.6) is 0 Å². The molecule has 11 heavy (non-hydrogen) atoms. The molecule has 1 aromatic heterocycles. The third-order valence-corrected chi connectivity index (χ3v) is 1.50. The fraction of sp³-hybridized carbons (Fsp3) is 0.333. The van der Waals surface area contributed by atoms with E-state index in [2.05, 4.69) is 20.9 Å². The van der Waals surface area contributed by atoms with Crippen molar-refractivity contribution < 1.29 is 9.21 Å². The Kier molecular flexibility index (Phi) is 2.41. The summed E-state index contributed by atoms with van der Waals surface area (Å²) in [5.41, 5.74) is 5.32. The van der Waals surface area contributed by atoms with Crippen LogP contribution in [-0.2, 0) is 0 Å². The van der Waals surface area contributed by atoms with Gasteiger partial charge in [0.2, 0.25) is 5.78 Å². The number of carbonyl (C=O) groups excluding carboxylic acids is 1. The number of rotatable bonds is 2. The van der Waals surface area contributed by atoms with Gasteiger partial charge in [0.25, 0.3) is 4.80 Å². The van der Waals surface area contributed by atoms with Gasteiger partial charge in [-0.2, -0.15) is 0 Å². The zero-order valence-corrected chi connectivity index (χ0v) is 7.46. The maximum atomic E-state index is 11.1. The van der Waals surface area contributed by atoms with Crippen LogP contribution in [0.15, 0.2) is 15.4 Å². The van der Waals surface area contributed by atoms with Gasteiger partial charge in [-0.25, -0.2) is 4.98 Å². The molecule has 0 aromatic carbocycles. The summed E-state index contributed by atoms with van der Waals surface area (Å²) in [5.74, 6) is -0.0601. The van der Waals surface area contributed by atoms with Gasteiger partial charge in [0, 0.05) is 15.9 Å². The zero-order chi connectivity index (χ0) is 8.43. The van der Waals surface area contributed by atoms with Gasteiger partial charge in [-0.3, -0.25) is 4.79 Å². The third-order valence-electron chi connectivity index (χ3n) is 1.13. The third kappa shape index (κ3) is 1.87. The standard InChI is InChI=1S/C6H7BrN2O2/c1-3(8)5(10)4-2-9-6(7)11-4/h2-3H,8H2,1H3. The minimum atomic E-state index is -0.546. The van der Waals surface area contributed by atoms with Crippen molar-refractivity contribution in [2.24, 2.45) is 5.73 Å². The second-order valence-electron chi connectivity index (χ2n) is 2.13. The Morgan fingerprint density at radius 2 is 2.55 bits per heavy atom. The van der Waals surface area contributed by atoms with Crippen molar-refractivity contribution >= 4 is 21.7 Å². The molecule has 0 saturated carbocycles. The van der Waals surface area contributed by atoms with E-state index < -0.39 is 6.04 Å². The van der Waals surface area contributed by atoms with Gasteiger partial charge in [0.15, 0.2) is 5.76 Å². The molecule has 0 aliphatic heterocycles. The van der Waals surface area contributed by atoms with E-state index in [1.54, 1.807) is 6.92 Å². The summed E-state index contributed by atoms with van der Waals surface area (Å²) in [5, 5.41) is 0. The predicted octanol–water partition coefficient (Wildman–Crippen LogP) is 0.967. The van der Waals surface area contributed by atoms with Gasteiger partial charge in [0.05, 0.1) is 12.2 Å². The lowest BCUT2D eigenvalue weighted by molar-refractivity contribution is 0.0939. The number of hydrogen-bond donors (Lipinski definition) is 1. The number of hydrogen-bond acceptors (Lipinski definition) is 4. The highest BCUT2D eigenvalue weighted by molar-refractivity contribution is 9.10. The summed E-state index contributed by atoms with van der Waals surface area (Å²) >= 11 is 2.98. The first-order valence-electron chi connectivity index (χ1n) is 3.02. The van der Waals surface area contributed by atoms with Crippen LogP contribution in [0, 0.1) is 0 Å². The number of carbonyl (C=O) groups is 1. The zero-order valence-electron chi connectivity index (χ0n) is 5.87. The van der Waals surface area contributed by atoms with E-state index in [-0.39, 0.29) is 11.5 Å². The molecule has 1 atom stereocenters. The number of nitrogens with zero attached hydrogens (tertiary/aromatic N) is 1. The number of nitrogens with two attached hydrogens (primary N) is 1. The monoisotopic (exact) mass is 218 g/mol. The number of oxazole rings is 1. The van der Waals surface area contributed by atoms with E-state index >= 15 is 0 Å². The van der Waals surface area contributed by atoms with Crippen molar-refractivity contribution in [2.45, 2.75) is 13.0 Å². The molecular formula is C6H7BrN2O2. The molecule has 0 bridgehead atoms. The Balaban J connectivity index is 2.85. The molecule has 0 saturated heterocycles. The molecule has 1 unspecified atom stereocenters. The number of aromatic nitrogens is 1. The summed E-state index contributed by atoms with van der Waals surface area (Å²) < 4.78 is 4.88. The minimum absolute atomic E-state index is 0.187. The molecule has 5 heteroatoms. The number of halogens is 1. The molecule has 1 rings (SSSR count). The summed E-state index contributed by atoms with van der Waals surface area (Å²) in [7, 11) is 0. The smallest absolute Gasteiger partial charge is 0.264 e. The van der Waals surface area contributed by atoms with Crippen LogP contribution in [0.4, 0.5) is 0 Å². The lowest BCUT2D eigenvalue weighted by Gasteiger charge is -1.97. The second-order valence-corrected chi connectivity index (χ2v) is 2.81. The Morgan fingerprint density at radius 1 is 1.91 bits per heavy atom. The van der Waals surface area contributed by atoms with Crippen molar-refractivity contribution in [1.82, 2.24) is 4.98 Å². The fourth-order valence-electron chi connectivity index (χ4n) is 0.591. The molecule has 0 radical (unpaired) electrons. The second kappa shape index (κ2) is 3.15. The predicted molar refractivity (Wildman–Crippen MR) is 42.2 cm³/mol. The van der Waals surface area contributed by atoms with Crippen molar-refractivity contribution in [3.05, 3.63) is 16.8 Å². The summed E-state index contributed by atoms with van der Waals surface area (Å²) in [6.07, 6.45) is 1.34. The molecule has 1 aromatic rings. The lowest BCUT2D eigenvalue weighted by Crippen LogP contribution is -2.26. The number of ketones is 1. The van der Waals surface area contributed by atoms with Crippen LogP contribution >= 0.6 is 15.9 Å². The van der Waals surface area contributed by atoms with Gasteiger partial charge < -0.3 is 10.2 Å². The van der Waals surface area contributed by atoms with Crippen molar-refractivity contribution in [2.75, 3.05) is 0 Å². The maximum absolute atomic E-state index is 11.1. The molecule has 0 amide bonds. The van der Waals surface area contributed by atoms with Crippen LogP contribution in [0.2, 0.25) is 0 Å². The van der Waals surface area contributed by atoms with E-state index in [9.17, 15) is 4.79 Å². The Hall–Kier alpha value is -0.680. The normalized spacial score (nSPS) is 13.0. The lowest BCUT2D eigenvalue weighted by atomic mass is 10.2. The first-order valence-corrected chi connectivity index (χ1v) is 3.81. The van der Waals surface area contributed by atoms with Gasteiger partial charge in [-0.1, -0.05) is 0 Å². The molecule has 1 heterocycles. The quantitative estimate of drug-likeness (QED) is 0.752. The Bertz CT molecular complexity index is 269. The SMILES string of the molecule is CC(N)C(=O)c1cnc(Br)o1. The molecule has 60 valence electrons. The van der Waals surface area contributed by atoms with Crippen molar-refractivity contribution in [3.63, 3.8) is 0 Å². The van der Waals surface area contributed by atoms with Gasteiger partial charge in [-0.15, -0.1) is 0 Å². The van der Waals surface area contributed by atoms with Crippen molar-refractivity contribution in [1.29, 1.82) is 0 Å². The van der Waals surface area contributed by atoms with Gasteiger partial charge in [-0.05, 0) is 6.92 Å². The van der Waals surface area contributed by atoms with E-state index in [1.807, 2.05) is 0 Å². The van der Waals surface area contributed by atoms with E-state index in [4.69, 9.17) is 10.2 Å². The average molecular weight is 219 g/mol. The summed E-state index contributed by atoms with van der Waals surface area (Å²) in [6, 6.07) is -0.546. The van der Waals surface area contributed by atoms with Gasteiger partial charge >= 0.3 is 0 Å². The minimum Gasteiger partial charge on any atom is -0.428 e. The molecule has 0 aliphatic carbocycles. The summed E-state index contributed by atoms with van der Waals surface area (Å²) in [4.78, 5) is 15.1. The Labute approximate surface area is 71.9 Å². The van der Waals surface area contributed by atoms with Crippen molar-refractivity contribution in [3.8, 4) is 0 Å². The highest BCUT2D eigenvalue weighted by Crippen LogP contribution is 2.10. The highest BCUT2D eigenvalue weighted by Gasteiger charge is 2.14. The molecule has 4 nitrogen and oxygen atoms in total. The summed E-state index contributed by atoms with van der Waals surface area (Å²) in [6.45, 7) is 1.60. The van der Waals surface area contributed by atoms with E-state index in [0.29, 0.717) is 4.80 Å². The largest absolute Gasteiger partial charge is 0.428 e. The molecule has 0 spiro atoms. The maximum Gasteiger partial charge on any atom is 0.264 e. The number of Topliss-reactive ketones (excluding diaryl/α,β-unsaturated/α-hetero) is 1. The molecule has 2 N–H and O–H groups in total. The molecular weight excluding hydrogens is 212 g/mol. The van der Waals surface area contributed by atoms with Gasteiger partial charge in [0.1, 0.15) is 0 Å². The average Bonchev–Trinajstić information content (AvgIpc) is 2.34. The fourth-order valence-corrected chi connectivity index (χ4v) is 0.868. The van der Waals surface area contributed by atoms with Crippen LogP contribution in [0.3, 0.4) is 0 Å². The topological polar surface area (TPSA) is 69.1 Å². The first-order chi connectivity index (χ1) is 5.11. The van der Waals surface area contributed by atoms with E-state index in [0.717, 1.165) is 0 Å². The van der Waals surface area contributed by atoms with Crippen LogP contribution < -0.4 is 5.73 Å². The van der Waals surface area contributed by atoms with E-state index in [1.165, 1.54) is 6.20 Å². The highest BCUT2D eigenvalue weighted by atomic mass is 79.9. The van der Waals surface area contributed by atoms with Crippen LogP contribution in [0.1, 0.15) is 17.5 Å².